The van der Waals surface area contributed by atoms with E-state index in [0.29, 0.717) is 12.8 Å². The largest absolute Gasteiger partial charge is 0.481 e. The van der Waals surface area contributed by atoms with E-state index in [1.54, 1.807) is 6.92 Å². The maximum absolute atomic E-state index is 13.0. The topological polar surface area (TPSA) is 251 Å². The first-order valence-electron chi connectivity index (χ1n) is 15.3. The number of carbonyl (C=O) groups is 1. The molecular weight excluding hydrogens is 664 g/mol. The Morgan fingerprint density at radius 1 is 0.830 bits per heavy atom. The molecule has 2 rings (SSSR count). The molecule has 0 spiro atoms. The highest BCUT2D eigenvalue weighted by Gasteiger charge is 2.53. The first kappa shape index (κ1) is 41.8. The summed E-state index contributed by atoms with van der Waals surface area (Å²) in [4.78, 5) is 32.9. The van der Waals surface area contributed by atoms with E-state index in [-0.39, 0.29) is 0 Å². The Morgan fingerprint density at radius 2 is 1.43 bits per heavy atom. The fourth-order valence-corrected chi connectivity index (χ4v) is 7.64. The number of aliphatic hydroxyl groups is 5. The predicted molar refractivity (Wildman–Crippen MR) is 169 cm³/mol. The molecule has 0 bridgehead atoms. The van der Waals surface area contributed by atoms with Crippen LogP contribution in [-0.2, 0) is 37.0 Å². The molecule has 0 saturated carbocycles. The molecule has 0 aliphatic carbocycles. The zero-order valence-electron chi connectivity index (χ0n) is 27.5. The molecular formula is C29H51NO15P2. The highest BCUT2D eigenvalue weighted by Crippen LogP contribution is 2.61. The third-order valence-corrected chi connectivity index (χ3v) is 10.5. The summed E-state index contributed by atoms with van der Waals surface area (Å²) >= 11 is 0. The Labute approximate surface area is 275 Å². The van der Waals surface area contributed by atoms with Crippen molar-refractivity contribution in [3.05, 3.63) is 34.9 Å². The van der Waals surface area contributed by atoms with Crippen molar-refractivity contribution in [3.63, 3.8) is 0 Å². The number of amides is 1. The lowest BCUT2D eigenvalue weighted by Crippen LogP contribution is -2.67. The first-order valence-corrected chi connectivity index (χ1v) is 18.6. The molecule has 2 aliphatic heterocycles. The van der Waals surface area contributed by atoms with Gasteiger partial charge in [-0.1, -0.05) is 34.9 Å². The number of aliphatic hydroxyl groups excluding tert-OH is 5. The Hall–Kier alpha value is -1.33. The van der Waals surface area contributed by atoms with E-state index in [0.717, 1.165) is 25.3 Å². The summed E-state index contributed by atoms with van der Waals surface area (Å²) in [6.07, 6.45) is -6.65. The van der Waals surface area contributed by atoms with Crippen molar-refractivity contribution in [2.45, 2.75) is 129 Å². The van der Waals surface area contributed by atoms with Crippen molar-refractivity contribution in [1.29, 1.82) is 0 Å². The molecule has 12 atom stereocenters. The number of rotatable bonds is 16. The SMILES string of the molecule is CC(=O)N[C@H]1[C@@H](OP(=O)(O)OP(=O)(O)C/C=C(\C)CC/C=C(\C)CCC=C(C)C)O[C@H](CO)[C@@H](O)[C@@H]1O[C@@H]1O[C@@H](C)[C@H](O)[C@@H](O)[C@H]1O. The van der Waals surface area contributed by atoms with E-state index >= 15 is 0 Å². The Bertz CT molecular complexity index is 1220. The lowest BCUT2D eigenvalue weighted by molar-refractivity contribution is -0.335. The Morgan fingerprint density at radius 3 is 2.00 bits per heavy atom. The lowest BCUT2D eigenvalue weighted by atomic mass is 9.95. The van der Waals surface area contributed by atoms with E-state index in [1.165, 1.54) is 24.1 Å². The molecule has 2 fully saturated rings. The summed E-state index contributed by atoms with van der Waals surface area (Å²) in [5, 5.41) is 53.5. The van der Waals surface area contributed by atoms with Crippen molar-refractivity contribution in [1.82, 2.24) is 5.32 Å². The minimum absolute atomic E-state index is 0.571. The second-order valence-corrected chi connectivity index (χ2v) is 15.6. The monoisotopic (exact) mass is 715 g/mol. The quantitative estimate of drug-likeness (QED) is 0.0833. The maximum Gasteiger partial charge on any atom is 0.481 e. The number of ether oxygens (including phenoxy) is 3. The van der Waals surface area contributed by atoms with Crippen molar-refractivity contribution >= 4 is 21.3 Å². The molecule has 0 radical (unpaired) electrons. The summed E-state index contributed by atoms with van der Waals surface area (Å²) in [6, 6.07) is -1.65. The van der Waals surface area contributed by atoms with Gasteiger partial charge in [0.15, 0.2) is 12.6 Å². The number of nitrogens with one attached hydrogen (secondary N) is 1. The van der Waals surface area contributed by atoms with Crippen LogP contribution in [0.25, 0.3) is 0 Å². The maximum atomic E-state index is 13.0. The van der Waals surface area contributed by atoms with Gasteiger partial charge in [-0.25, -0.2) is 8.88 Å². The van der Waals surface area contributed by atoms with Crippen LogP contribution in [0.15, 0.2) is 34.9 Å². The van der Waals surface area contributed by atoms with E-state index in [2.05, 4.69) is 21.8 Å². The summed E-state index contributed by atoms with van der Waals surface area (Å²) in [5.41, 5.74) is 3.20. The number of hydrogen-bond acceptors (Lipinski definition) is 13. The van der Waals surface area contributed by atoms with Crippen LogP contribution in [-0.4, -0.2) is 115 Å². The van der Waals surface area contributed by atoms with Crippen LogP contribution in [0.3, 0.4) is 0 Å². The highest BCUT2D eigenvalue weighted by molar-refractivity contribution is 7.64. The van der Waals surface area contributed by atoms with Gasteiger partial charge < -0.3 is 54.8 Å². The van der Waals surface area contributed by atoms with Crippen LogP contribution in [0.5, 0.6) is 0 Å². The van der Waals surface area contributed by atoms with Crippen molar-refractivity contribution in [3.8, 4) is 0 Å². The molecule has 0 aromatic rings. The van der Waals surface area contributed by atoms with Gasteiger partial charge in [0.2, 0.25) is 5.91 Å². The second-order valence-electron chi connectivity index (χ2n) is 12.2. The molecule has 2 unspecified atom stereocenters. The van der Waals surface area contributed by atoms with Crippen molar-refractivity contribution < 1.29 is 72.3 Å². The van der Waals surface area contributed by atoms with Crippen molar-refractivity contribution in [2.75, 3.05) is 12.8 Å². The van der Waals surface area contributed by atoms with Gasteiger partial charge in [0.05, 0.1) is 18.9 Å². The van der Waals surface area contributed by atoms with Crippen LogP contribution in [0.2, 0.25) is 0 Å². The summed E-state index contributed by atoms with van der Waals surface area (Å²) in [7, 11) is -10.2. The van der Waals surface area contributed by atoms with Gasteiger partial charge in [-0.05, 0) is 60.3 Å². The normalized spacial score (nSPS) is 34.7. The van der Waals surface area contributed by atoms with E-state index in [4.69, 9.17) is 18.7 Å². The molecule has 16 nitrogen and oxygen atoms in total. The van der Waals surface area contributed by atoms with Crippen molar-refractivity contribution in [2.24, 2.45) is 0 Å². The smallest absolute Gasteiger partial charge is 0.394 e. The van der Waals surface area contributed by atoms with Crippen LogP contribution in [0.4, 0.5) is 0 Å². The summed E-state index contributed by atoms with van der Waals surface area (Å²) in [6.45, 7) is 9.39. The first-order chi connectivity index (χ1) is 21.8. The molecule has 47 heavy (non-hydrogen) atoms. The van der Waals surface area contributed by atoms with Gasteiger partial charge in [-0.15, -0.1) is 0 Å². The fraction of sp³-hybridized carbons (Fsp3) is 0.759. The minimum atomic E-state index is -5.45. The number of carbonyl (C=O) groups excluding carboxylic acids is 1. The third-order valence-electron chi connectivity index (χ3n) is 7.58. The Kier molecular flexibility index (Phi) is 16.6. The van der Waals surface area contributed by atoms with E-state index < -0.39 is 95.4 Å². The highest BCUT2D eigenvalue weighted by atomic mass is 31.3. The van der Waals surface area contributed by atoms with Gasteiger partial charge >= 0.3 is 15.4 Å². The molecule has 0 aromatic carbocycles. The number of hydrogen-bond donors (Lipinski definition) is 8. The van der Waals surface area contributed by atoms with Gasteiger partial charge in [0.1, 0.15) is 42.7 Å². The van der Waals surface area contributed by atoms with E-state index in [1.807, 2.05) is 20.8 Å². The zero-order valence-corrected chi connectivity index (χ0v) is 29.3. The van der Waals surface area contributed by atoms with Gasteiger partial charge in [0, 0.05) is 6.92 Å². The number of phosphoric acid groups is 1. The standard InChI is InChI=1S/C29H51NO15P2/c1-16(2)9-7-10-17(3)11-8-12-18(4)13-14-46(37,38)45-47(39,40)44-28-22(30-20(6)32)27(24(34)21(15-31)42-28)43-29-26(36)25(35)23(33)19(5)41-29/h9,11,13,19,21-29,31,33-36H,7-8,10,12,14-15H2,1-6H3,(H,30,32)(H,37,38)(H,39,40)/b17-11+,18-13+/t19-,21+,22+,23-,24+,25+,26+,27+,28+,29-/m0/s1. The van der Waals surface area contributed by atoms with E-state index in [9.17, 15) is 49.2 Å². The van der Waals surface area contributed by atoms with Crippen LogP contribution < -0.4 is 5.32 Å². The molecule has 8 N–H and O–H groups in total. The minimum Gasteiger partial charge on any atom is -0.394 e. The van der Waals surface area contributed by atoms with Gasteiger partial charge in [-0.3, -0.25) is 13.9 Å². The third kappa shape index (κ3) is 13.5. The molecule has 1 amide bonds. The molecule has 2 saturated heterocycles. The molecule has 2 aliphatic rings. The average molecular weight is 716 g/mol. The number of allylic oxidation sites excluding steroid dienone is 6. The van der Waals surface area contributed by atoms with Crippen LogP contribution >= 0.6 is 15.4 Å². The average Bonchev–Trinajstić information content (AvgIpc) is 2.95. The molecule has 0 aromatic heterocycles. The van der Waals surface area contributed by atoms with Gasteiger partial charge in [0.25, 0.3) is 0 Å². The molecule has 18 heteroatoms. The Balaban J connectivity index is 2.14. The molecule has 272 valence electrons. The lowest BCUT2D eigenvalue weighted by Gasteiger charge is -2.47. The zero-order chi connectivity index (χ0) is 35.7. The van der Waals surface area contributed by atoms with Gasteiger partial charge in [-0.2, -0.15) is 0 Å². The number of phosphoric ester groups is 1. The molecule has 2 heterocycles. The summed E-state index contributed by atoms with van der Waals surface area (Å²) < 4.78 is 51.9. The summed E-state index contributed by atoms with van der Waals surface area (Å²) in [5.74, 6) is -0.760. The predicted octanol–water partition coefficient (Wildman–Crippen LogP) is 1.52. The van der Waals surface area contributed by atoms with Crippen LogP contribution in [0.1, 0.15) is 67.2 Å². The van der Waals surface area contributed by atoms with Crippen LogP contribution in [0, 0.1) is 0 Å². The second kappa shape index (κ2) is 18.6. The fourth-order valence-electron chi connectivity index (χ4n) is 4.94.